The van der Waals surface area contributed by atoms with Crippen LogP contribution >= 0.6 is 0 Å². The smallest absolute Gasteiger partial charge is 0.461 e. The average Bonchev–Trinajstić information content (AvgIpc) is 3.35. The van der Waals surface area contributed by atoms with Crippen LogP contribution in [0.1, 0.15) is 0 Å². The highest BCUT2D eigenvalue weighted by Gasteiger charge is 2.10. The molecule has 0 atom stereocenters. The zero-order chi connectivity index (χ0) is 50.7. The van der Waals surface area contributed by atoms with E-state index in [4.69, 9.17) is 37.9 Å². The Labute approximate surface area is 394 Å². The van der Waals surface area contributed by atoms with Gasteiger partial charge in [0.15, 0.2) is 0 Å². The van der Waals surface area contributed by atoms with E-state index in [1.165, 1.54) is 0 Å². The van der Waals surface area contributed by atoms with Crippen molar-refractivity contribution >= 4 is 54.7 Å². The molecule has 69 heavy (non-hydrogen) atoms. The third kappa shape index (κ3) is 34.0. The van der Waals surface area contributed by atoms with Crippen molar-refractivity contribution in [2.75, 3.05) is 79.2 Å². The number of para-hydroxylation sites is 3. The van der Waals surface area contributed by atoms with Gasteiger partial charge in [0.1, 0.15) is 83.3 Å². The van der Waals surface area contributed by atoms with Crippen LogP contribution in [0.2, 0.25) is 0 Å². The Morgan fingerprint density at radius 3 is 0.899 bits per heavy atom. The lowest BCUT2D eigenvalue weighted by molar-refractivity contribution is -0.139. The predicted octanol–water partition coefficient (Wildman–Crippen LogP) is 5.40. The summed E-state index contributed by atoms with van der Waals surface area (Å²) in [6.07, 6.45) is -2.08. The topological polar surface area (TPSA) is 298 Å². The summed E-state index contributed by atoms with van der Waals surface area (Å²) < 4.78 is 61.2. The summed E-state index contributed by atoms with van der Waals surface area (Å²) in [6.45, 7) is 8.61. The molecule has 0 spiro atoms. The number of rotatable bonds is 24. The van der Waals surface area contributed by atoms with Crippen LogP contribution < -0.4 is 24.8 Å². The van der Waals surface area contributed by atoms with Crippen molar-refractivity contribution < 1.29 is 105 Å². The summed E-state index contributed by atoms with van der Waals surface area (Å²) in [7, 11) is 0. The van der Waals surface area contributed by atoms with Crippen molar-refractivity contribution in [3.8, 4) is 17.2 Å². The van der Waals surface area contributed by atoms with Crippen LogP contribution in [0.3, 0.4) is 0 Å². The van der Waals surface area contributed by atoms with Gasteiger partial charge in [-0.15, -0.1) is 0 Å². The number of carbonyl (C=O) groups excluding carboxylic acids is 9. The molecule has 0 aromatic heterocycles. The molecule has 2 N–H and O–H groups in total. The Morgan fingerprint density at radius 1 is 0.333 bits per heavy atom. The maximum absolute atomic E-state index is 11.3. The first-order valence-electron chi connectivity index (χ1n) is 20.0. The molecular formula is C45H50N2O22. The van der Waals surface area contributed by atoms with Crippen LogP contribution in [0.25, 0.3) is 0 Å². The van der Waals surface area contributed by atoms with E-state index in [1.807, 2.05) is 0 Å². The first-order chi connectivity index (χ1) is 33.3. The highest BCUT2D eigenvalue weighted by molar-refractivity contribution is 5.82. The van der Waals surface area contributed by atoms with E-state index >= 15 is 0 Å². The van der Waals surface area contributed by atoms with Crippen LogP contribution in [-0.2, 0) is 61.8 Å². The van der Waals surface area contributed by atoms with Gasteiger partial charge in [0, 0.05) is 18.2 Å². The highest BCUT2D eigenvalue weighted by Crippen LogP contribution is 2.11. The number of amides is 2. The van der Waals surface area contributed by atoms with Crippen molar-refractivity contribution in [2.24, 2.45) is 0 Å². The SMILES string of the molecule is C=CC(=O)OCCNC(=O)OCCOC(=O)Oc1ccccc1.C=CC(=O)OCCOC(=O)NCCOC(=O)Oc1ccccc1.C=CC(=O)OCCOC(=O)OCCOC(=O)Oc1ccccc1. The number of benzene rings is 3. The first-order valence-corrected chi connectivity index (χ1v) is 20.0. The lowest BCUT2D eigenvalue weighted by Gasteiger charge is -2.08. The number of alkyl carbamates (subject to hydrolysis) is 2. The molecule has 0 aliphatic rings. The third-order valence-corrected chi connectivity index (χ3v) is 6.71. The van der Waals surface area contributed by atoms with Crippen LogP contribution in [0.15, 0.2) is 129 Å². The summed E-state index contributed by atoms with van der Waals surface area (Å²) in [4.78, 5) is 99.6. The fraction of sp³-hybridized carbons (Fsp3) is 0.267. The van der Waals surface area contributed by atoms with Gasteiger partial charge in [0.05, 0.1) is 13.1 Å². The molecule has 0 heterocycles. The van der Waals surface area contributed by atoms with Crippen LogP contribution in [0.5, 0.6) is 17.2 Å². The molecule has 0 saturated heterocycles. The molecule has 0 fully saturated rings. The molecule has 24 heteroatoms. The van der Waals surface area contributed by atoms with Crippen molar-refractivity contribution in [2.45, 2.75) is 0 Å². The summed E-state index contributed by atoms with van der Waals surface area (Å²) in [5.41, 5.74) is 0. The van der Waals surface area contributed by atoms with Gasteiger partial charge in [-0.05, 0) is 36.4 Å². The minimum atomic E-state index is -0.973. The fourth-order valence-corrected chi connectivity index (χ4v) is 3.81. The van der Waals surface area contributed by atoms with E-state index in [9.17, 15) is 43.2 Å². The summed E-state index contributed by atoms with van der Waals surface area (Å²) >= 11 is 0. The molecule has 0 unspecified atom stereocenters. The molecule has 3 aromatic rings. The second-order valence-electron chi connectivity index (χ2n) is 11.7. The number of ether oxygens (including phenoxy) is 13. The van der Waals surface area contributed by atoms with Crippen molar-refractivity contribution in [3.63, 3.8) is 0 Å². The molecule has 24 nitrogen and oxygen atoms in total. The largest absolute Gasteiger partial charge is 0.513 e. The molecule has 3 rings (SSSR count). The van der Waals surface area contributed by atoms with Gasteiger partial charge in [0.2, 0.25) is 0 Å². The fourth-order valence-electron chi connectivity index (χ4n) is 3.81. The molecule has 2 amide bonds. The van der Waals surface area contributed by atoms with E-state index in [0.717, 1.165) is 18.2 Å². The highest BCUT2D eigenvalue weighted by atomic mass is 16.8. The number of esters is 3. The molecule has 0 aliphatic heterocycles. The zero-order valence-corrected chi connectivity index (χ0v) is 37.0. The number of hydrogen-bond acceptors (Lipinski definition) is 22. The Morgan fingerprint density at radius 2 is 0.580 bits per heavy atom. The van der Waals surface area contributed by atoms with E-state index in [2.05, 4.69) is 54.1 Å². The van der Waals surface area contributed by atoms with E-state index in [1.54, 1.807) is 91.0 Å². The summed E-state index contributed by atoms with van der Waals surface area (Å²) in [6, 6.07) is 25.2. The van der Waals surface area contributed by atoms with E-state index in [0.29, 0.717) is 17.2 Å². The molecule has 372 valence electrons. The lowest BCUT2D eigenvalue weighted by Crippen LogP contribution is -2.30. The van der Waals surface area contributed by atoms with Crippen molar-refractivity contribution in [3.05, 3.63) is 129 Å². The summed E-state index contributed by atoms with van der Waals surface area (Å²) in [5.74, 6) is -0.742. The van der Waals surface area contributed by atoms with Crippen LogP contribution in [0.4, 0.5) is 28.8 Å². The van der Waals surface area contributed by atoms with E-state index < -0.39 is 54.7 Å². The monoisotopic (exact) mass is 970 g/mol. The van der Waals surface area contributed by atoms with Crippen molar-refractivity contribution in [1.29, 1.82) is 0 Å². The second kappa shape index (κ2) is 38.2. The number of hydrogen-bond donors (Lipinski definition) is 2. The first kappa shape index (κ1) is 57.9. The lowest BCUT2D eigenvalue weighted by atomic mass is 10.3. The van der Waals surface area contributed by atoms with Gasteiger partial charge < -0.3 is 72.2 Å². The second-order valence-corrected chi connectivity index (χ2v) is 11.7. The normalized spacial score (nSPS) is 9.39. The van der Waals surface area contributed by atoms with Crippen molar-refractivity contribution in [1.82, 2.24) is 10.6 Å². The maximum atomic E-state index is 11.3. The molecule has 0 aliphatic carbocycles. The number of nitrogens with one attached hydrogen (secondary N) is 2. The van der Waals surface area contributed by atoms with Crippen LogP contribution in [0, 0.1) is 0 Å². The standard InChI is InChI=1S/2C15H17NO7.C15H16O8/c1-2-13(17)20-10-11-21-14(18)16-8-9-22-15(19)23-12-6-4-3-5-7-12;1-2-13(17)20-9-8-16-14(18)21-10-11-22-15(19)23-12-6-4-3-5-7-12;1-2-13(16)19-8-9-20-14(17)21-10-11-22-15(18)23-12-6-4-3-5-7-12/h2*2-7H,1,8-11H2,(H,16,18);2-7H,1,8-11H2. The van der Waals surface area contributed by atoms with Gasteiger partial charge in [-0.3, -0.25) is 0 Å². The molecule has 0 radical (unpaired) electrons. The van der Waals surface area contributed by atoms with Crippen LogP contribution in [-0.4, -0.2) is 134 Å². The Balaban J connectivity index is 0.000000517. The molecule has 0 bridgehead atoms. The summed E-state index contributed by atoms with van der Waals surface area (Å²) in [5, 5.41) is 4.70. The van der Waals surface area contributed by atoms with Gasteiger partial charge in [-0.1, -0.05) is 74.3 Å². The van der Waals surface area contributed by atoms with Gasteiger partial charge in [-0.2, -0.15) is 0 Å². The Hall–Kier alpha value is -9.09. The number of carbonyl (C=O) groups is 9. The minimum Gasteiger partial charge on any atom is -0.461 e. The minimum absolute atomic E-state index is 0.000144. The zero-order valence-electron chi connectivity index (χ0n) is 37.0. The average molecular weight is 971 g/mol. The Bertz CT molecular complexity index is 1820. The Kier molecular flexibility index (Phi) is 32.1. The third-order valence-electron chi connectivity index (χ3n) is 6.71. The quantitative estimate of drug-likeness (QED) is 0.0373. The maximum Gasteiger partial charge on any atom is 0.513 e. The van der Waals surface area contributed by atoms with Gasteiger partial charge in [-0.25, -0.2) is 43.2 Å². The predicted molar refractivity (Wildman–Crippen MR) is 235 cm³/mol. The van der Waals surface area contributed by atoms with Gasteiger partial charge in [0.25, 0.3) is 0 Å². The molecule has 0 saturated carbocycles. The molecular weight excluding hydrogens is 920 g/mol. The molecule has 3 aromatic carbocycles. The van der Waals surface area contributed by atoms with Gasteiger partial charge >= 0.3 is 54.7 Å². The van der Waals surface area contributed by atoms with E-state index in [-0.39, 0.29) is 79.2 Å².